The van der Waals surface area contributed by atoms with Gasteiger partial charge >= 0.3 is 0 Å². The second-order valence-electron chi connectivity index (χ2n) is 3.95. The predicted octanol–water partition coefficient (Wildman–Crippen LogP) is 2.01. The van der Waals surface area contributed by atoms with E-state index in [4.69, 9.17) is 9.57 Å². The Kier molecular flexibility index (Phi) is 3.98. The van der Waals surface area contributed by atoms with Crippen LogP contribution in [0.2, 0.25) is 0 Å². The Labute approximate surface area is 101 Å². The Bertz CT molecular complexity index is 360. The van der Waals surface area contributed by atoms with E-state index >= 15 is 0 Å². The van der Waals surface area contributed by atoms with Crippen LogP contribution in [0, 0.1) is 0 Å². The maximum Gasteiger partial charge on any atom is 0.287 e. The maximum atomic E-state index is 12.1. The zero-order valence-electron chi connectivity index (χ0n) is 9.96. The van der Waals surface area contributed by atoms with Gasteiger partial charge < -0.3 is 4.74 Å². The summed E-state index contributed by atoms with van der Waals surface area (Å²) in [5.74, 6) is 0.626. The molecule has 1 unspecified atom stereocenters. The van der Waals surface area contributed by atoms with Crippen molar-refractivity contribution in [3.8, 4) is 5.75 Å². The summed E-state index contributed by atoms with van der Waals surface area (Å²) >= 11 is 0. The molecule has 1 fully saturated rings. The summed E-state index contributed by atoms with van der Waals surface area (Å²) in [5, 5.41) is 1.41. The number of rotatable bonds is 4. The number of carbonyl (C=O) groups is 1. The van der Waals surface area contributed by atoms with E-state index in [1.807, 2.05) is 37.3 Å². The van der Waals surface area contributed by atoms with E-state index in [1.165, 1.54) is 5.06 Å². The lowest BCUT2D eigenvalue weighted by Crippen LogP contribution is -2.39. The van der Waals surface area contributed by atoms with Gasteiger partial charge in [-0.15, -0.1) is 0 Å². The molecule has 1 aromatic carbocycles. The fourth-order valence-corrected chi connectivity index (χ4v) is 1.75. The third-order valence-electron chi connectivity index (χ3n) is 2.67. The summed E-state index contributed by atoms with van der Waals surface area (Å²) in [6.07, 6.45) is 1.07. The van der Waals surface area contributed by atoms with Crippen molar-refractivity contribution in [2.45, 2.75) is 25.9 Å². The lowest BCUT2D eigenvalue weighted by molar-refractivity contribution is -0.176. The van der Waals surface area contributed by atoms with Crippen LogP contribution in [0.5, 0.6) is 5.75 Å². The highest BCUT2D eigenvalue weighted by atomic mass is 16.7. The molecule has 17 heavy (non-hydrogen) atoms. The molecule has 92 valence electrons. The van der Waals surface area contributed by atoms with Gasteiger partial charge in [-0.25, -0.2) is 5.06 Å². The number of hydrogen-bond acceptors (Lipinski definition) is 3. The number of nitrogens with zero attached hydrogens (tertiary/aromatic N) is 1. The number of hydroxylamine groups is 2. The summed E-state index contributed by atoms with van der Waals surface area (Å²) < 4.78 is 5.67. The molecule has 1 heterocycles. The van der Waals surface area contributed by atoms with Crippen LogP contribution in [-0.2, 0) is 9.63 Å². The molecule has 1 aromatic rings. The molecular formula is C13H17NO3. The van der Waals surface area contributed by atoms with Crippen LogP contribution < -0.4 is 4.74 Å². The topological polar surface area (TPSA) is 38.8 Å². The van der Waals surface area contributed by atoms with Gasteiger partial charge in [0.05, 0.1) is 13.2 Å². The summed E-state index contributed by atoms with van der Waals surface area (Å²) in [6.45, 7) is 3.21. The third-order valence-corrected chi connectivity index (χ3v) is 2.67. The maximum absolute atomic E-state index is 12.1. The second kappa shape index (κ2) is 5.68. The lowest BCUT2D eigenvalue weighted by atomic mass is 10.2. The SMILES string of the molecule is CCC(Oc1ccccc1)C(=O)N1CCCO1. The fourth-order valence-electron chi connectivity index (χ4n) is 1.75. The molecule has 2 rings (SSSR count). The standard InChI is InChI=1S/C13H17NO3/c1-2-12(13(15)14-9-6-10-16-14)17-11-7-4-3-5-8-11/h3-5,7-8,12H,2,6,9-10H2,1H3. The van der Waals surface area contributed by atoms with Crippen LogP contribution in [0.4, 0.5) is 0 Å². The number of amides is 1. The highest BCUT2D eigenvalue weighted by Gasteiger charge is 2.27. The van der Waals surface area contributed by atoms with Crippen LogP contribution in [0.1, 0.15) is 19.8 Å². The Morgan fingerprint density at radius 1 is 1.47 bits per heavy atom. The van der Waals surface area contributed by atoms with Gasteiger partial charge in [0.2, 0.25) is 0 Å². The molecule has 0 spiro atoms. The van der Waals surface area contributed by atoms with Crippen molar-refractivity contribution >= 4 is 5.91 Å². The third kappa shape index (κ3) is 2.97. The summed E-state index contributed by atoms with van der Waals surface area (Å²) in [6, 6.07) is 9.39. The van der Waals surface area contributed by atoms with Crippen molar-refractivity contribution in [3.05, 3.63) is 30.3 Å². The Morgan fingerprint density at radius 3 is 2.82 bits per heavy atom. The van der Waals surface area contributed by atoms with Crippen molar-refractivity contribution in [1.82, 2.24) is 5.06 Å². The predicted molar refractivity (Wildman–Crippen MR) is 63.4 cm³/mol. The smallest absolute Gasteiger partial charge is 0.287 e. The molecule has 1 saturated heterocycles. The molecule has 4 heteroatoms. The largest absolute Gasteiger partial charge is 0.481 e. The molecule has 0 bridgehead atoms. The molecule has 1 aliphatic heterocycles. The Balaban J connectivity index is 1.98. The van der Waals surface area contributed by atoms with Gasteiger partial charge in [0, 0.05) is 0 Å². The number of para-hydroxylation sites is 1. The van der Waals surface area contributed by atoms with E-state index in [2.05, 4.69) is 0 Å². The number of benzene rings is 1. The summed E-state index contributed by atoms with van der Waals surface area (Å²) in [7, 11) is 0. The minimum Gasteiger partial charge on any atom is -0.481 e. The molecule has 1 aliphatic rings. The van der Waals surface area contributed by atoms with Crippen LogP contribution in [0.3, 0.4) is 0 Å². The van der Waals surface area contributed by atoms with Crippen molar-refractivity contribution in [2.24, 2.45) is 0 Å². The van der Waals surface area contributed by atoms with E-state index in [1.54, 1.807) is 0 Å². The zero-order chi connectivity index (χ0) is 12.1. The zero-order valence-corrected chi connectivity index (χ0v) is 9.96. The molecule has 0 aromatic heterocycles. The minimum absolute atomic E-state index is 0.0890. The van der Waals surface area contributed by atoms with E-state index in [0.29, 0.717) is 25.3 Å². The van der Waals surface area contributed by atoms with Gasteiger partial charge in [-0.1, -0.05) is 25.1 Å². The van der Waals surface area contributed by atoms with Crippen LogP contribution >= 0.6 is 0 Å². The average Bonchev–Trinajstić information content (AvgIpc) is 2.90. The summed E-state index contributed by atoms with van der Waals surface area (Å²) in [5.41, 5.74) is 0. The van der Waals surface area contributed by atoms with Crippen molar-refractivity contribution in [2.75, 3.05) is 13.2 Å². The molecule has 1 atom stereocenters. The van der Waals surface area contributed by atoms with Gasteiger partial charge in [0.25, 0.3) is 5.91 Å². The Hall–Kier alpha value is -1.55. The molecule has 1 amide bonds. The quantitative estimate of drug-likeness (QED) is 0.801. The van der Waals surface area contributed by atoms with E-state index in [9.17, 15) is 4.79 Å². The number of carbonyl (C=O) groups excluding carboxylic acids is 1. The summed E-state index contributed by atoms with van der Waals surface area (Å²) in [4.78, 5) is 17.3. The number of hydrogen-bond donors (Lipinski definition) is 0. The minimum atomic E-state index is -0.463. The first-order chi connectivity index (χ1) is 8.31. The van der Waals surface area contributed by atoms with Gasteiger partial charge in [-0.2, -0.15) is 0 Å². The number of ether oxygens (including phenoxy) is 1. The van der Waals surface area contributed by atoms with E-state index < -0.39 is 6.10 Å². The molecule has 4 nitrogen and oxygen atoms in total. The van der Waals surface area contributed by atoms with Gasteiger partial charge in [0.15, 0.2) is 6.10 Å². The van der Waals surface area contributed by atoms with Crippen LogP contribution in [0.15, 0.2) is 30.3 Å². The second-order valence-corrected chi connectivity index (χ2v) is 3.95. The van der Waals surface area contributed by atoms with Gasteiger partial charge in [-0.3, -0.25) is 9.63 Å². The average molecular weight is 235 g/mol. The first-order valence-corrected chi connectivity index (χ1v) is 5.97. The normalized spacial score (nSPS) is 16.9. The lowest BCUT2D eigenvalue weighted by Gasteiger charge is -2.21. The monoisotopic (exact) mass is 235 g/mol. The first kappa shape index (κ1) is 11.9. The van der Waals surface area contributed by atoms with Crippen molar-refractivity contribution < 1.29 is 14.4 Å². The molecule has 0 radical (unpaired) electrons. The molecule has 0 N–H and O–H groups in total. The molecule has 0 aliphatic carbocycles. The van der Waals surface area contributed by atoms with Crippen LogP contribution in [-0.4, -0.2) is 30.2 Å². The fraction of sp³-hybridized carbons (Fsp3) is 0.462. The van der Waals surface area contributed by atoms with E-state index in [-0.39, 0.29) is 5.91 Å². The Morgan fingerprint density at radius 2 is 2.24 bits per heavy atom. The van der Waals surface area contributed by atoms with E-state index in [0.717, 1.165) is 6.42 Å². The van der Waals surface area contributed by atoms with Crippen molar-refractivity contribution in [1.29, 1.82) is 0 Å². The first-order valence-electron chi connectivity index (χ1n) is 5.97. The highest BCUT2D eigenvalue weighted by Crippen LogP contribution is 2.15. The molecular weight excluding hydrogens is 218 g/mol. The van der Waals surface area contributed by atoms with Crippen molar-refractivity contribution in [3.63, 3.8) is 0 Å². The van der Waals surface area contributed by atoms with Gasteiger partial charge in [-0.05, 0) is 25.0 Å². The highest BCUT2D eigenvalue weighted by molar-refractivity contribution is 5.80. The van der Waals surface area contributed by atoms with Gasteiger partial charge in [0.1, 0.15) is 5.75 Å². The van der Waals surface area contributed by atoms with Crippen LogP contribution in [0.25, 0.3) is 0 Å². The molecule has 0 saturated carbocycles.